The van der Waals surface area contributed by atoms with E-state index in [9.17, 15) is 9.59 Å². The van der Waals surface area contributed by atoms with Gasteiger partial charge in [0.25, 0.3) is 5.91 Å². The van der Waals surface area contributed by atoms with E-state index in [1.54, 1.807) is 36.4 Å². The van der Waals surface area contributed by atoms with Gasteiger partial charge in [0.05, 0.1) is 25.9 Å². The largest absolute Gasteiger partial charge is 0.494 e. The molecule has 0 aliphatic carbocycles. The molecule has 162 valence electrons. The molecule has 1 atom stereocenters. The molecule has 0 aromatic heterocycles. The number of nitrogens with one attached hydrogen (secondary N) is 1. The summed E-state index contributed by atoms with van der Waals surface area (Å²) in [6.07, 6.45) is -0.980. The average molecular weight is 415 g/mol. The van der Waals surface area contributed by atoms with E-state index < -0.39 is 18.0 Å². The highest BCUT2D eigenvalue weighted by Crippen LogP contribution is 2.29. The Morgan fingerprint density at radius 3 is 2.27 bits per heavy atom. The van der Waals surface area contributed by atoms with Crippen LogP contribution in [0, 0.1) is 5.92 Å². The zero-order valence-corrected chi connectivity index (χ0v) is 18.1. The number of benzene rings is 2. The lowest BCUT2D eigenvalue weighted by Gasteiger charge is -2.15. The van der Waals surface area contributed by atoms with E-state index in [1.165, 1.54) is 20.1 Å². The third kappa shape index (κ3) is 6.69. The molecule has 2 rings (SSSR count). The highest BCUT2D eigenvalue weighted by atomic mass is 16.5. The van der Waals surface area contributed by atoms with Gasteiger partial charge in [-0.3, -0.25) is 4.79 Å². The van der Waals surface area contributed by atoms with Crippen molar-refractivity contribution < 1.29 is 28.5 Å². The van der Waals surface area contributed by atoms with E-state index >= 15 is 0 Å². The Hall–Kier alpha value is -3.22. The summed E-state index contributed by atoms with van der Waals surface area (Å²) >= 11 is 0. The lowest BCUT2D eigenvalue weighted by Crippen LogP contribution is -2.30. The second kappa shape index (κ2) is 11.1. The summed E-state index contributed by atoms with van der Waals surface area (Å²) in [4.78, 5) is 24.8. The topological polar surface area (TPSA) is 83.1 Å². The third-order valence-corrected chi connectivity index (χ3v) is 4.06. The molecule has 0 radical (unpaired) electrons. The Morgan fingerprint density at radius 2 is 1.67 bits per heavy atom. The quantitative estimate of drug-likeness (QED) is 0.582. The van der Waals surface area contributed by atoms with Gasteiger partial charge in [-0.2, -0.15) is 0 Å². The summed E-state index contributed by atoms with van der Waals surface area (Å²) in [5, 5.41) is 2.71. The molecule has 1 amide bonds. The molecule has 0 saturated heterocycles. The Balaban J connectivity index is 1.97. The molecule has 0 spiro atoms. The monoisotopic (exact) mass is 415 g/mol. The second-order valence-corrected chi connectivity index (χ2v) is 7.06. The average Bonchev–Trinajstić information content (AvgIpc) is 2.73. The van der Waals surface area contributed by atoms with Gasteiger partial charge < -0.3 is 24.3 Å². The molecule has 0 unspecified atom stereocenters. The van der Waals surface area contributed by atoms with E-state index in [-0.39, 0.29) is 5.56 Å². The first-order valence-electron chi connectivity index (χ1n) is 9.89. The first-order valence-corrected chi connectivity index (χ1v) is 9.89. The van der Waals surface area contributed by atoms with Crippen LogP contribution in [0.25, 0.3) is 0 Å². The van der Waals surface area contributed by atoms with Gasteiger partial charge in [-0.15, -0.1) is 0 Å². The van der Waals surface area contributed by atoms with E-state index in [0.29, 0.717) is 42.1 Å². The van der Waals surface area contributed by atoms with E-state index in [0.717, 1.165) is 0 Å². The highest BCUT2D eigenvalue weighted by Gasteiger charge is 2.20. The van der Waals surface area contributed by atoms with Gasteiger partial charge in [-0.05, 0) is 62.2 Å². The van der Waals surface area contributed by atoms with Gasteiger partial charge in [0.1, 0.15) is 5.75 Å². The maximum Gasteiger partial charge on any atom is 0.339 e. The lowest BCUT2D eigenvalue weighted by molar-refractivity contribution is -0.123. The molecule has 0 heterocycles. The minimum absolute atomic E-state index is 0.268. The maximum absolute atomic E-state index is 12.5. The smallest absolute Gasteiger partial charge is 0.339 e. The van der Waals surface area contributed by atoms with Crippen LogP contribution in [0.4, 0.5) is 5.69 Å². The third-order valence-electron chi connectivity index (χ3n) is 4.06. The zero-order chi connectivity index (χ0) is 22.1. The molecule has 2 aromatic carbocycles. The van der Waals surface area contributed by atoms with Gasteiger partial charge in [-0.25, -0.2) is 4.79 Å². The Kier molecular flexibility index (Phi) is 8.53. The number of rotatable bonds is 10. The van der Waals surface area contributed by atoms with E-state index in [2.05, 4.69) is 5.32 Å². The van der Waals surface area contributed by atoms with Crippen molar-refractivity contribution in [3.8, 4) is 17.2 Å². The minimum atomic E-state index is -0.980. The molecule has 0 aliphatic heterocycles. The minimum Gasteiger partial charge on any atom is -0.494 e. The van der Waals surface area contributed by atoms with E-state index in [1.807, 2.05) is 20.8 Å². The number of esters is 1. The fourth-order valence-electron chi connectivity index (χ4n) is 2.50. The summed E-state index contributed by atoms with van der Waals surface area (Å²) in [6, 6.07) is 11.7. The summed E-state index contributed by atoms with van der Waals surface area (Å²) in [7, 11) is 1.50. The molecular formula is C23H29NO6. The van der Waals surface area contributed by atoms with Crippen LogP contribution in [0.3, 0.4) is 0 Å². The molecule has 1 N–H and O–H groups in total. The van der Waals surface area contributed by atoms with E-state index in [4.69, 9.17) is 18.9 Å². The molecule has 7 nitrogen and oxygen atoms in total. The summed E-state index contributed by atoms with van der Waals surface area (Å²) in [6.45, 7) is 8.58. The van der Waals surface area contributed by atoms with Crippen LogP contribution >= 0.6 is 0 Å². The maximum atomic E-state index is 12.5. The van der Waals surface area contributed by atoms with Gasteiger partial charge in [0, 0.05) is 5.69 Å². The van der Waals surface area contributed by atoms with Crippen molar-refractivity contribution in [1.29, 1.82) is 0 Å². The van der Waals surface area contributed by atoms with Crippen LogP contribution in [-0.2, 0) is 9.53 Å². The number of ether oxygens (including phenoxy) is 4. The van der Waals surface area contributed by atoms with Crippen molar-refractivity contribution in [1.82, 2.24) is 0 Å². The summed E-state index contributed by atoms with van der Waals surface area (Å²) in [5.74, 6) is 0.980. The van der Waals surface area contributed by atoms with Crippen LogP contribution in [-0.4, -0.2) is 38.3 Å². The molecule has 0 bridgehead atoms. The highest BCUT2D eigenvalue weighted by molar-refractivity contribution is 5.97. The predicted molar refractivity (Wildman–Crippen MR) is 114 cm³/mol. The first kappa shape index (κ1) is 23.1. The van der Waals surface area contributed by atoms with Crippen molar-refractivity contribution in [2.45, 2.75) is 33.8 Å². The number of hydrogen-bond acceptors (Lipinski definition) is 6. The van der Waals surface area contributed by atoms with Crippen LogP contribution in [0.1, 0.15) is 38.1 Å². The molecule has 0 aliphatic rings. The van der Waals surface area contributed by atoms with Gasteiger partial charge >= 0.3 is 5.97 Å². The molecule has 30 heavy (non-hydrogen) atoms. The molecule has 7 heteroatoms. The summed E-state index contributed by atoms with van der Waals surface area (Å²) in [5.41, 5.74) is 0.851. The fraction of sp³-hybridized carbons (Fsp3) is 0.391. The zero-order valence-electron chi connectivity index (χ0n) is 18.1. The Labute approximate surface area is 177 Å². The van der Waals surface area contributed by atoms with Gasteiger partial charge in [0.2, 0.25) is 0 Å². The Morgan fingerprint density at radius 1 is 0.967 bits per heavy atom. The fourth-order valence-corrected chi connectivity index (χ4v) is 2.50. The first-order chi connectivity index (χ1) is 14.3. The number of anilines is 1. The van der Waals surface area contributed by atoms with Crippen molar-refractivity contribution in [2.24, 2.45) is 5.92 Å². The lowest BCUT2D eigenvalue weighted by atomic mass is 10.2. The number of hydrogen-bond donors (Lipinski definition) is 1. The van der Waals surface area contributed by atoms with Crippen molar-refractivity contribution in [3.05, 3.63) is 48.0 Å². The summed E-state index contributed by atoms with van der Waals surface area (Å²) < 4.78 is 21.7. The molecular weight excluding hydrogens is 386 g/mol. The predicted octanol–water partition coefficient (Wildman–Crippen LogP) is 4.31. The number of carbonyl (C=O) groups excluding carboxylic acids is 2. The number of methoxy groups -OCH3 is 1. The van der Waals surface area contributed by atoms with Gasteiger partial charge in [0.15, 0.2) is 17.6 Å². The standard InChI is InChI=1S/C23H29NO6/c1-6-28-19-10-8-18(9-11-19)24-22(25)16(4)30-23(26)17-7-12-20(21(13-17)27-5)29-14-15(2)3/h7-13,15-16H,6,14H2,1-5H3,(H,24,25)/t16-/m1/s1. The molecule has 2 aromatic rings. The SMILES string of the molecule is CCOc1ccc(NC(=O)[C@@H](C)OC(=O)c2ccc(OCC(C)C)c(OC)c2)cc1. The number of carbonyl (C=O) groups is 2. The van der Waals surface area contributed by atoms with Crippen molar-refractivity contribution in [3.63, 3.8) is 0 Å². The van der Waals surface area contributed by atoms with Crippen LogP contribution in [0.2, 0.25) is 0 Å². The second-order valence-electron chi connectivity index (χ2n) is 7.06. The number of amides is 1. The molecule has 0 fully saturated rings. The van der Waals surface area contributed by atoms with Crippen LogP contribution < -0.4 is 19.5 Å². The van der Waals surface area contributed by atoms with Crippen molar-refractivity contribution in [2.75, 3.05) is 25.6 Å². The molecule has 0 saturated carbocycles. The van der Waals surface area contributed by atoms with Crippen LogP contribution in [0.5, 0.6) is 17.2 Å². The Bertz CT molecular complexity index is 847. The normalized spacial score (nSPS) is 11.5. The van der Waals surface area contributed by atoms with Crippen molar-refractivity contribution >= 4 is 17.6 Å². The van der Waals surface area contributed by atoms with Crippen LogP contribution in [0.15, 0.2) is 42.5 Å². The van der Waals surface area contributed by atoms with Gasteiger partial charge in [-0.1, -0.05) is 13.8 Å².